The average molecular weight is 296 g/mol. The summed E-state index contributed by atoms with van der Waals surface area (Å²) in [5.41, 5.74) is -0.401. The highest BCUT2D eigenvalue weighted by Gasteiger charge is 2.67. The molecule has 0 radical (unpaired) electrons. The third-order valence-electron chi connectivity index (χ3n) is 6.35. The zero-order valence-corrected chi connectivity index (χ0v) is 13.1. The molecule has 0 aromatic rings. The molecule has 0 amide bonds. The van der Waals surface area contributed by atoms with E-state index in [0.717, 1.165) is 12.0 Å². The Bertz CT molecular complexity index is 527. The van der Waals surface area contributed by atoms with Crippen molar-refractivity contribution in [1.29, 1.82) is 0 Å². The Balaban J connectivity index is 2.14. The number of ether oxygens (including phenoxy) is 2. The second-order valence-electron chi connectivity index (χ2n) is 7.14. The van der Waals surface area contributed by atoms with Crippen molar-refractivity contribution in [2.75, 3.05) is 7.11 Å². The van der Waals surface area contributed by atoms with Gasteiger partial charge in [-0.05, 0) is 32.1 Å². The number of aliphatic hydroxyl groups is 2. The minimum Gasteiger partial charge on any atom is -0.425 e. The van der Waals surface area contributed by atoms with Crippen molar-refractivity contribution in [2.24, 2.45) is 11.3 Å². The maximum absolute atomic E-state index is 12.0. The summed E-state index contributed by atoms with van der Waals surface area (Å²) in [6, 6.07) is 0. The average Bonchev–Trinajstić information content (AvgIpc) is 2.67. The largest absolute Gasteiger partial charge is 0.425 e. The van der Waals surface area contributed by atoms with Crippen molar-refractivity contribution in [3.63, 3.8) is 0 Å². The number of carbonyl (C=O) groups excluding carboxylic acids is 1. The number of aliphatic hydroxyl groups excluding tert-OH is 1. The number of rotatable bonds is 1. The first-order valence-corrected chi connectivity index (χ1v) is 7.59. The predicted octanol–water partition coefficient (Wildman–Crippen LogP) is 1.52. The van der Waals surface area contributed by atoms with Crippen molar-refractivity contribution in [3.05, 3.63) is 11.1 Å². The van der Waals surface area contributed by atoms with E-state index in [0.29, 0.717) is 18.4 Å². The molecule has 1 heterocycles. The van der Waals surface area contributed by atoms with Gasteiger partial charge in [-0.3, -0.25) is 0 Å². The molecule has 0 spiro atoms. The molecular formula is C16H24O5. The number of hydrogen-bond acceptors (Lipinski definition) is 5. The Labute approximate surface area is 124 Å². The Hall–Kier alpha value is -0.910. The molecule has 2 aliphatic carbocycles. The van der Waals surface area contributed by atoms with E-state index in [2.05, 4.69) is 6.92 Å². The van der Waals surface area contributed by atoms with Crippen LogP contribution in [-0.2, 0) is 14.3 Å². The summed E-state index contributed by atoms with van der Waals surface area (Å²) < 4.78 is 11.0. The van der Waals surface area contributed by atoms with E-state index in [-0.39, 0.29) is 18.3 Å². The predicted molar refractivity (Wildman–Crippen MR) is 75.2 cm³/mol. The normalized spacial score (nSPS) is 49.7. The van der Waals surface area contributed by atoms with E-state index in [1.165, 1.54) is 7.11 Å². The Morgan fingerprint density at radius 1 is 1.38 bits per heavy atom. The Kier molecular flexibility index (Phi) is 3.08. The number of fused-ring (bicyclic) bond motifs is 2. The van der Waals surface area contributed by atoms with E-state index in [1.807, 2.05) is 6.92 Å². The first kappa shape index (κ1) is 15.0. The molecule has 0 aromatic heterocycles. The molecule has 2 saturated carbocycles. The summed E-state index contributed by atoms with van der Waals surface area (Å²) >= 11 is 0. The van der Waals surface area contributed by atoms with Crippen molar-refractivity contribution < 1.29 is 24.5 Å². The smallest absolute Gasteiger partial charge is 0.336 e. The van der Waals surface area contributed by atoms with Gasteiger partial charge in [0.1, 0.15) is 5.60 Å². The zero-order chi connectivity index (χ0) is 15.6. The molecule has 0 saturated heterocycles. The van der Waals surface area contributed by atoms with Crippen LogP contribution in [0.1, 0.15) is 46.5 Å². The quantitative estimate of drug-likeness (QED) is 0.718. The van der Waals surface area contributed by atoms with Gasteiger partial charge in [-0.2, -0.15) is 0 Å². The zero-order valence-electron chi connectivity index (χ0n) is 13.1. The van der Waals surface area contributed by atoms with Gasteiger partial charge in [0.2, 0.25) is 5.79 Å². The SMILES string of the molecule is CO[C@@]12C[C@@]3(O)[C@@H](O)CC[C@H](C)[C@@]3(C)CC1=C(C)C(=O)O2. The molecule has 5 heteroatoms. The van der Waals surface area contributed by atoms with Gasteiger partial charge in [-0.25, -0.2) is 4.79 Å². The molecule has 5 atom stereocenters. The van der Waals surface area contributed by atoms with E-state index in [9.17, 15) is 15.0 Å². The fraction of sp³-hybridized carbons (Fsp3) is 0.812. The number of carbonyl (C=O) groups is 1. The number of hydrogen-bond donors (Lipinski definition) is 2. The van der Waals surface area contributed by atoms with E-state index in [4.69, 9.17) is 9.47 Å². The molecule has 2 fully saturated rings. The third kappa shape index (κ3) is 1.65. The highest BCUT2D eigenvalue weighted by Crippen LogP contribution is 2.62. The molecule has 0 unspecified atom stereocenters. The van der Waals surface area contributed by atoms with E-state index < -0.39 is 22.9 Å². The Morgan fingerprint density at radius 2 is 2.05 bits per heavy atom. The second kappa shape index (κ2) is 4.31. The first-order valence-electron chi connectivity index (χ1n) is 7.59. The van der Waals surface area contributed by atoms with Crippen LogP contribution in [-0.4, -0.2) is 40.8 Å². The van der Waals surface area contributed by atoms with Gasteiger partial charge < -0.3 is 19.7 Å². The van der Waals surface area contributed by atoms with Gasteiger partial charge in [0, 0.05) is 30.1 Å². The summed E-state index contributed by atoms with van der Waals surface area (Å²) in [6.07, 6.45) is 1.19. The molecule has 118 valence electrons. The molecule has 21 heavy (non-hydrogen) atoms. The van der Waals surface area contributed by atoms with E-state index >= 15 is 0 Å². The summed E-state index contributed by atoms with van der Waals surface area (Å²) in [5, 5.41) is 21.7. The lowest BCUT2D eigenvalue weighted by atomic mass is 9.50. The summed E-state index contributed by atoms with van der Waals surface area (Å²) in [5.74, 6) is -1.36. The Morgan fingerprint density at radius 3 is 2.67 bits per heavy atom. The fourth-order valence-electron chi connectivity index (χ4n) is 4.49. The molecule has 5 nitrogen and oxygen atoms in total. The monoisotopic (exact) mass is 296 g/mol. The standard InChI is InChI=1S/C16H24O5/c1-9-5-6-12(17)15(19)8-16(20-4)11(7-14(9,15)3)10(2)13(18)21-16/h9,12,17,19H,5-8H2,1-4H3/t9-,12-,14+,15+,16+/m0/s1. The van der Waals surface area contributed by atoms with Crippen LogP contribution in [0, 0.1) is 11.3 Å². The molecule has 3 rings (SSSR count). The van der Waals surface area contributed by atoms with Crippen molar-refractivity contribution in [1.82, 2.24) is 0 Å². The summed E-state index contributed by atoms with van der Waals surface area (Å²) in [4.78, 5) is 12.0. The minimum atomic E-state index is -1.31. The van der Waals surface area contributed by atoms with Crippen LogP contribution in [0.25, 0.3) is 0 Å². The molecule has 1 aliphatic heterocycles. The molecule has 0 aromatic carbocycles. The van der Waals surface area contributed by atoms with Crippen LogP contribution >= 0.6 is 0 Å². The van der Waals surface area contributed by atoms with Crippen molar-refractivity contribution in [3.8, 4) is 0 Å². The summed E-state index contributed by atoms with van der Waals surface area (Å²) in [7, 11) is 1.48. The van der Waals surface area contributed by atoms with E-state index in [1.54, 1.807) is 6.92 Å². The third-order valence-corrected chi connectivity index (χ3v) is 6.35. The van der Waals surface area contributed by atoms with Gasteiger partial charge in [0.05, 0.1) is 6.10 Å². The highest BCUT2D eigenvalue weighted by molar-refractivity contribution is 5.92. The number of methoxy groups -OCH3 is 1. The van der Waals surface area contributed by atoms with Crippen LogP contribution in [0.2, 0.25) is 0 Å². The van der Waals surface area contributed by atoms with Crippen LogP contribution in [0.4, 0.5) is 0 Å². The van der Waals surface area contributed by atoms with Crippen LogP contribution < -0.4 is 0 Å². The lowest BCUT2D eigenvalue weighted by Gasteiger charge is -2.60. The molecule has 2 N–H and O–H groups in total. The lowest BCUT2D eigenvalue weighted by Crippen LogP contribution is -2.67. The van der Waals surface area contributed by atoms with Gasteiger partial charge in [0.25, 0.3) is 0 Å². The lowest BCUT2D eigenvalue weighted by molar-refractivity contribution is -0.281. The van der Waals surface area contributed by atoms with Crippen molar-refractivity contribution in [2.45, 2.75) is 63.9 Å². The van der Waals surface area contributed by atoms with Gasteiger partial charge >= 0.3 is 5.97 Å². The first-order chi connectivity index (χ1) is 9.70. The topological polar surface area (TPSA) is 76.0 Å². The fourth-order valence-corrected chi connectivity index (χ4v) is 4.49. The molecule has 0 bridgehead atoms. The van der Waals surface area contributed by atoms with Crippen LogP contribution in [0.3, 0.4) is 0 Å². The van der Waals surface area contributed by atoms with Gasteiger partial charge in [-0.15, -0.1) is 0 Å². The van der Waals surface area contributed by atoms with Crippen LogP contribution in [0.5, 0.6) is 0 Å². The molecule has 3 aliphatic rings. The van der Waals surface area contributed by atoms with Crippen LogP contribution in [0.15, 0.2) is 11.1 Å². The second-order valence-corrected chi connectivity index (χ2v) is 7.14. The van der Waals surface area contributed by atoms with Crippen molar-refractivity contribution >= 4 is 5.97 Å². The highest BCUT2D eigenvalue weighted by atomic mass is 16.7. The maximum atomic E-state index is 12.0. The summed E-state index contributed by atoms with van der Waals surface area (Å²) in [6.45, 7) is 5.85. The molecular weight excluding hydrogens is 272 g/mol. The minimum absolute atomic E-state index is 0.0942. The number of esters is 1. The van der Waals surface area contributed by atoms with Gasteiger partial charge in [0.15, 0.2) is 0 Å². The van der Waals surface area contributed by atoms with Gasteiger partial charge in [-0.1, -0.05) is 13.8 Å². The maximum Gasteiger partial charge on any atom is 0.336 e.